The highest BCUT2D eigenvalue weighted by Gasteiger charge is 2.21. The number of aromatic carboxylic acids is 1. The van der Waals surface area contributed by atoms with Gasteiger partial charge in [-0.15, -0.1) is 0 Å². The van der Waals surface area contributed by atoms with Gasteiger partial charge >= 0.3 is 5.97 Å². The van der Waals surface area contributed by atoms with Crippen LogP contribution in [0.25, 0.3) is 0 Å². The molecular formula is C9H11NO3. The summed E-state index contributed by atoms with van der Waals surface area (Å²) in [7, 11) is 0. The van der Waals surface area contributed by atoms with Gasteiger partial charge in [0.15, 0.2) is 0 Å². The second kappa shape index (κ2) is 3.22. The zero-order valence-electron chi connectivity index (χ0n) is 7.12. The van der Waals surface area contributed by atoms with E-state index in [0.717, 1.165) is 5.56 Å². The molecular weight excluding hydrogens is 170 g/mol. The van der Waals surface area contributed by atoms with Crippen molar-refractivity contribution in [1.29, 1.82) is 0 Å². The first kappa shape index (κ1) is 8.31. The van der Waals surface area contributed by atoms with Crippen molar-refractivity contribution >= 4 is 5.97 Å². The van der Waals surface area contributed by atoms with Crippen LogP contribution in [0.5, 0.6) is 0 Å². The Morgan fingerprint density at radius 1 is 1.69 bits per heavy atom. The van der Waals surface area contributed by atoms with Gasteiger partial charge < -0.3 is 14.8 Å². The van der Waals surface area contributed by atoms with Crippen LogP contribution in [-0.2, 0) is 6.54 Å². The lowest BCUT2D eigenvalue weighted by Crippen LogP contribution is -2.16. The summed E-state index contributed by atoms with van der Waals surface area (Å²) in [5.74, 6) is -0.953. The van der Waals surface area contributed by atoms with Crippen LogP contribution in [0.3, 0.4) is 0 Å². The Kier molecular flexibility index (Phi) is 2.06. The van der Waals surface area contributed by atoms with Crippen molar-refractivity contribution in [3.05, 3.63) is 23.7 Å². The molecule has 0 bridgehead atoms. The Hall–Kier alpha value is -1.29. The van der Waals surface area contributed by atoms with E-state index in [-0.39, 0.29) is 5.76 Å². The Morgan fingerprint density at radius 2 is 2.46 bits per heavy atom. The second-order valence-corrected chi connectivity index (χ2v) is 3.24. The molecule has 1 aromatic heterocycles. The third kappa shape index (κ3) is 1.89. The van der Waals surface area contributed by atoms with Crippen molar-refractivity contribution in [2.24, 2.45) is 0 Å². The van der Waals surface area contributed by atoms with E-state index in [1.807, 2.05) is 0 Å². The Bertz CT molecular complexity index is 314. The molecule has 70 valence electrons. The molecule has 0 radical (unpaired) electrons. The molecule has 1 aromatic rings. The van der Waals surface area contributed by atoms with E-state index in [2.05, 4.69) is 5.32 Å². The Balaban J connectivity index is 2.00. The molecule has 1 aliphatic carbocycles. The van der Waals surface area contributed by atoms with Crippen LogP contribution in [0.15, 0.2) is 16.7 Å². The highest BCUT2D eigenvalue weighted by molar-refractivity contribution is 5.86. The molecule has 4 heteroatoms. The van der Waals surface area contributed by atoms with Crippen LogP contribution in [0.2, 0.25) is 0 Å². The van der Waals surface area contributed by atoms with Gasteiger partial charge in [0.05, 0.1) is 6.26 Å². The molecule has 0 spiro atoms. The summed E-state index contributed by atoms with van der Waals surface area (Å²) in [6, 6.07) is 2.27. The first-order valence-corrected chi connectivity index (χ1v) is 4.30. The number of furan rings is 1. The summed E-state index contributed by atoms with van der Waals surface area (Å²) >= 11 is 0. The highest BCUT2D eigenvalue weighted by atomic mass is 16.4. The van der Waals surface area contributed by atoms with Crippen LogP contribution in [0.1, 0.15) is 29.0 Å². The first-order valence-electron chi connectivity index (χ1n) is 4.30. The summed E-state index contributed by atoms with van der Waals surface area (Å²) in [5, 5.41) is 11.9. The second-order valence-electron chi connectivity index (χ2n) is 3.24. The molecule has 0 aromatic carbocycles. The normalized spacial score (nSPS) is 16.0. The molecule has 0 unspecified atom stereocenters. The fourth-order valence-corrected chi connectivity index (χ4v) is 1.20. The smallest absolute Gasteiger partial charge is 0.372 e. The van der Waals surface area contributed by atoms with Crippen molar-refractivity contribution in [3.8, 4) is 0 Å². The van der Waals surface area contributed by atoms with Crippen molar-refractivity contribution in [1.82, 2.24) is 5.32 Å². The fourth-order valence-electron chi connectivity index (χ4n) is 1.20. The molecule has 0 amide bonds. The molecule has 0 saturated heterocycles. The number of hydrogen-bond donors (Lipinski definition) is 2. The van der Waals surface area contributed by atoms with Crippen LogP contribution in [0.4, 0.5) is 0 Å². The zero-order chi connectivity index (χ0) is 9.26. The average molecular weight is 181 g/mol. The van der Waals surface area contributed by atoms with Gasteiger partial charge in [0.2, 0.25) is 5.76 Å². The molecule has 1 saturated carbocycles. The fraction of sp³-hybridized carbons (Fsp3) is 0.444. The molecule has 2 N–H and O–H groups in total. The third-order valence-corrected chi connectivity index (χ3v) is 2.10. The van der Waals surface area contributed by atoms with Crippen LogP contribution >= 0.6 is 0 Å². The minimum Gasteiger partial charge on any atom is -0.475 e. The van der Waals surface area contributed by atoms with Crippen molar-refractivity contribution in [2.75, 3.05) is 0 Å². The van der Waals surface area contributed by atoms with Crippen molar-refractivity contribution in [2.45, 2.75) is 25.4 Å². The number of hydrogen-bond acceptors (Lipinski definition) is 3. The maximum atomic E-state index is 10.6. The van der Waals surface area contributed by atoms with E-state index >= 15 is 0 Å². The monoisotopic (exact) mass is 181 g/mol. The standard InChI is InChI=1S/C9H11NO3/c11-9(12)8-6(3-4-13-8)5-10-7-1-2-7/h3-4,7,10H,1-2,5H2,(H,11,12). The summed E-state index contributed by atoms with van der Waals surface area (Å²) in [6.45, 7) is 0.586. The van der Waals surface area contributed by atoms with Gasteiger partial charge in [-0.1, -0.05) is 0 Å². The van der Waals surface area contributed by atoms with E-state index in [4.69, 9.17) is 9.52 Å². The van der Waals surface area contributed by atoms with Gasteiger partial charge in [-0.3, -0.25) is 0 Å². The number of rotatable bonds is 4. The van der Waals surface area contributed by atoms with Crippen LogP contribution in [-0.4, -0.2) is 17.1 Å². The summed E-state index contributed by atoms with van der Waals surface area (Å²) in [5.41, 5.74) is 0.722. The van der Waals surface area contributed by atoms with E-state index < -0.39 is 5.97 Å². The summed E-state index contributed by atoms with van der Waals surface area (Å²) in [4.78, 5) is 10.6. The molecule has 2 rings (SSSR count). The maximum Gasteiger partial charge on any atom is 0.372 e. The molecule has 0 aliphatic heterocycles. The SMILES string of the molecule is O=C(O)c1occc1CNC1CC1. The first-order chi connectivity index (χ1) is 6.27. The number of carboxylic acids is 1. The molecule has 1 fully saturated rings. The maximum absolute atomic E-state index is 10.6. The lowest BCUT2D eigenvalue weighted by molar-refractivity contribution is 0.0660. The van der Waals surface area contributed by atoms with E-state index in [1.54, 1.807) is 6.07 Å². The lowest BCUT2D eigenvalue weighted by atomic mass is 10.2. The minimum atomic E-state index is -1.00. The number of carboxylic acid groups (broad SMARTS) is 1. The third-order valence-electron chi connectivity index (χ3n) is 2.10. The van der Waals surface area contributed by atoms with E-state index in [0.29, 0.717) is 12.6 Å². The molecule has 1 aliphatic rings. The average Bonchev–Trinajstić information content (AvgIpc) is 2.79. The van der Waals surface area contributed by atoms with E-state index in [9.17, 15) is 4.79 Å². The predicted molar refractivity (Wildman–Crippen MR) is 45.5 cm³/mol. The topological polar surface area (TPSA) is 62.5 Å². The molecule has 4 nitrogen and oxygen atoms in total. The molecule has 0 atom stereocenters. The van der Waals surface area contributed by atoms with Gasteiger partial charge in [0.1, 0.15) is 0 Å². The number of carbonyl (C=O) groups is 1. The van der Waals surface area contributed by atoms with Crippen molar-refractivity contribution in [3.63, 3.8) is 0 Å². The number of nitrogens with one attached hydrogen (secondary N) is 1. The van der Waals surface area contributed by atoms with Gasteiger partial charge in [-0.2, -0.15) is 0 Å². The van der Waals surface area contributed by atoms with Gasteiger partial charge in [-0.05, 0) is 18.9 Å². The van der Waals surface area contributed by atoms with E-state index in [1.165, 1.54) is 19.1 Å². The molecule has 13 heavy (non-hydrogen) atoms. The van der Waals surface area contributed by atoms with Gasteiger partial charge in [0.25, 0.3) is 0 Å². The predicted octanol–water partition coefficient (Wildman–Crippen LogP) is 1.23. The van der Waals surface area contributed by atoms with Gasteiger partial charge in [-0.25, -0.2) is 4.79 Å². The summed E-state index contributed by atoms with van der Waals surface area (Å²) in [6.07, 6.45) is 3.80. The minimum absolute atomic E-state index is 0.0492. The largest absolute Gasteiger partial charge is 0.475 e. The Labute approximate surface area is 75.6 Å². The lowest BCUT2D eigenvalue weighted by Gasteiger charge is -1.99. The zero-order valence-corrected chi connectivity index (χ0v) is 7.12. The van der Waals surface area contributed by atoms with Crippen LogP contribution < -0.4 is 5.32 Å². The quantitative estimate of drug-likeness (QED) is 0.733. The summed E-state index contributed by atoms with van der Waals surface area (Å²) < 4.78 is 4.84. The van der Waals surface area contributed by atoms with Crippen molar-refractivity contribution < 1.29 is 14.3 Å². The van der Waals surface area contributed by atoms with Crippen LogP contribution in [0, 0.1) is 0 Å². The highest BCUT2D eigenvalue weighted by Crippen LogP contribution is 2.20. The Morgan fingerprint density at radius 3 is 3.08 bits per heavy atom. The van der Waals surface area contributed by atoms with Gasteiger partial charge in [0, 0.05) is 18.2 Å². The molecule has 1 heterocycles.